The molecule has 0 amide bonds. The lowest BCUT2D eigenvalue weighted by Gasteiger charge is -2.32. The van der Waals surface area contributed by atoms with Gasteiger partial charge in [-0.15, -0.1) is 0 Å². The van der Waals surface area contributed by atoms with E-state index in [1.807, 2.05) is 0 Å². The average Bonchev–Trinajstić information content (AvgIpc) is 2.51. The fourth-order valence-electron chi connectivity index (χ4n) is 2.44. The Kier molecular flexibility index (Phi) is 4.37. The number of ether oxygens (including phenoxy) is 1. The van der Waals surface area contributed by atoms with Crippen LogP contribution in [-0.4, -0.2) is 29.1 Å². The summed E-state index contributed by atoms with van der Waals surface area (Å²) in [6.45, 7) is 5.23. The van der Waals surface area contributed by atoms with Gasteiger partial charge in [-0.1, -0.05) is 13.8 Å². The molecule has 0 aliphatic heterocycles. The molecule has 2 atom stereocenters. The van der Waals surface area contributed by atoms with Crippen molar-refractivity contribution in [1.82, 2.24) is 0 Å². The standard InChI is InChI=1S/C17H21NO4/c1-10-8-14(15(20)17(2,3)9-13(10)19)22-16(21)11-4-6-12(18)7-5-11/h4-8,14-15,20H,9,18H2,1-3H3. The van der Waals surface area contributed by atoms with E-state index in [4.69, 9.17) is 10.5 Å². The van der Waals surface area contributed by atoms with Gasteiger partial charge in [-0.2, -0.15) is 0 Å². The molecule has 3 N–H and O–H groups in total. The highest BCUT2D eigenvalue weighted by atomic mass is 16.6. The van der Waals surface area contributed by atoms with Gasteiger partial charge in [0.2, 0.25) is 0 Å². The van der Waals surface area contributed by atoms with E-state index in [1.54, 1.807) is 45.0 Å². The summed E-state index contributed by atoms with van der Waals surface area (Å²) in [4.78, 5) is 24.2. The van der Waals surface area contributed by atoms with E-state index in [-0.39, 0.29) is 12.2 Å². The summed E-state index contributed by atoms with van der Waals surface area (Å²) in [5.41, 5.74) is 6.31. The highest BCUT2D eigenvalue weighted by molar-refractivity contribution is 5.96. The number of nitrogen functional groups attached to an aromatic ring is 1. The zero-order valence-corrected chi connectivity index (χ0v) is 13.0. The number of ketones is 1. The molecule has 0 spiro atoms. The van der Waals surface area contributed by atoms with Gasteiger partial charge in [-0.3, -0.25) is 4.79 Å². The third-order valence-corrected chi connectivity index (χ3v) is 3.97. The van der Waals surface area contributed by atoms with E-state index in [2.05, 4.69) is 0 Å². The number of allylic oxidation sites excluding steroid dienone is 1. The summed E-state index contributed by atoms with van der Waals surface area (Å²) in [7, 11) is 0. The second-order valence-electron chi connectivity index (χ2n) is 6.37. The van der Waals surface area contributed by atoms with Crippen LogP contribution in [0.5, 0.6) is 0 Å². The molecule has 22 heavy (non-hydrogen) atoms. The minimum absolute atomic E-state index is 0.0462. The Balaban J connectivity index is 2.23. The maximum absolute atomic E-state index is 12.2. The van der Waals surface area contributed by atoms with Crippen molar-refractivity contribution in [2.45, 2.75) is 39.4 Å². The van der Waals surface area contributed by atoms with Crippen LogP contribution in [0.15, 0.2) is 35.9 Å². The molecule has 0 radical (unpaired) electrons. The molecule has 0 bridgehead atoms. The Hall–Kier alpha value is -2.14. The van der Waals surface area contributed by atoms with Crippen LogP contribution in [0.3, 0.4) is 0 Å². The number of carbonyl (C=O) groups is 2. The number of hydrogen-bond acceptors (Lipinski definition) is 5. The summed E-state index contributed by atoms with van der Waals surface area (Å²) < 4.78 is 5.41. The molecule has 2 rings (SSSR count). The highest BCUT2D eigenvalue weighted by Gasteiger charge is 2.40. The van der Waals surface area contributed by atoms with Crippen LogP contribution in [0.1, 0.15) is 37.6 Å². The molecule has 5 nitrogen and oxygen atoms in total. The summed E-state index contributed by atoms with van der Waals surface area (Å²) in [6.07, 6.45) is -0.0678. The lowest BCUT2D eigenvalue weighted by atomic mass is 9.80. The predicted molar refractivity (Wildman–Crippen MR) is 83.2 cm³/mol. The Bertz CT molecular complexity index is 616. The van der Waals surface area contributed by atoms with Crippen molar-refractivity contribution in [3.8, 4) is 0 Å². The third kappa shape index (κ3) is 3.36. The van der Waals surface area contributed by atoms with E-state index in [1.165, 1.54) is 6.08 Å². The van der Waals surface area contributed by atoms with E-state index < -0.39 is 23.6 Å². The second kappa shape index (κ2) is 5.93. The van der Waals surface area contributed by atoms with E-state index in [0.717, 1.165) is 0 Å². The molecule has 0 aromatic heterocycles. The molecular weight excluding hydrogens is 282 g/mol. The molecular formula is C17H21NO4. The molecule has 1 aliphatic rings. The fourth-order valence-corrected chi connectivity index (χ4v) is 2.44. The number of esters is 1. The first kappa shape index (κ1) is 16.2. The van der Waals surface area contributed by atoms with Gasteiger partial charge in [0.1, 0.15) is 12.2 Å². The minimum atomic E-state index is -0.952. The van der Waals surface area contributed by atoms with Crippen molar-refractivity contribution in [3.63, 3.8) is 0 Å². The van der Waals surface area contributed by atoms with Gasteiger partial charge in [0.25, 0.3) is 0 Å². The Morgan fingerprint density at radius 3 is 2.50 bits per heavy atom. The van der Waals surface area contributed by atoms with Crippen molar-refractivity contribution >= 4 is 17.4 Å². The lowest BCUT2D eigenvalue weighted by Crippen LogP contribution is -2.40. The number of aliphatic hydroxyl groups excluding tert-OH is 1. The molecule has 0 saturated carbocycles. The van der Waals surface area contributed by atoms with Crippen LogP contribution in [0, 0.1) is 5.41 Å². The molecule has 1 aromatic rings. The maximum atomic E-state index is 12.2. The van der Waals surface area contributed by atoms with Crippen LogP contribution in [0.2, 0.25) is 0 Å². The molecule has 2 unspecified atom stereocenters. The Labute approximate surface area is 129 Å². The number of carbonyl (C=O) groups excluding carboxylic acids is 2. The smallest absolute Gasteiger partial charge is 0.338 e. The average molecular weight is 303 g/mol. The molecule has 0 fully saturated rings. The number of Topliss-reactive ketones (excluding diaryl/α,β-unsaturated/α-hetero) is 1. The number of rotatable bonds is 2. The number of benzene rings is 1. The predicted octanol–water partition coefficient (Wildman–Crippen LogP) is 2.10. The number of nitrogens with two attached hydrogens (primary N) is 1. The molecule has 5 heteroatoms. The Morgan fingerprint density at radius 1 is 1.32 bits per heavy atom. The van der Waals surface area contributed by atoms with Crippen molar-refractivity contribution in [2.75, 3.05) is 5.73 Å². The fraction of sp³-hybridized carbons (Fsp3) is 0.412. The largest absolute Gasteiger partial charge is 0.452 e. The zero-order chi connectivity index (χ0) is 16.5. The number of aliphatic hydroxyl groups is 1. The maximum Gasteiger partial charge on any atom is 0.338 e. The highest BCUT2D eigenvalue weighted by Crippen LogP contribution is 2.33. The van der Waals surface area contributed by atoms with Crippen molar-refractivity contribution < 1.29 is 19.4 Å². The first-order valence-corrected chi connectivity index (χ1v) is 7.17. The SMILES string of the molecule is CC1=CC(OC(=O)c2ccc(N)cc2)C(O)C(C)(C)CC1=O. The molecule has 118 valence electrons. The topological polar surface area (TPSA) is 89.6 Å². The van der Waals surface area contributed by atoms with Gasteiger partial charge < -0.3 is 15.6 Å². The van der Waals surface area contributed by atoms with Crippen molar-refractivity contribution in [3.05, 3.63) is 41.5 Å². The van der Waals surface area contributed by atoms with E-state index in [0.29, 0.717) is 16.8 Å². The van der Waals surface area contributed by atoms with Crippen LogP contribution < -0.4 is 5.73 Å². The van der Waals surface area contributed by atoms with Gasteiger partial charge in [0, 0.05) is 17.5 Å². The summed E-state index contributed by atoms with van der Waals surface area (Å²) in [5.74, 6) is -0.603. The first-order valence-electron chi connectivity index (χ1n) is 7.17. The van der Waals surface area contributed by atoms with Gasteiger partial charge in [-0.25, -0.2) is 4.79 Å². The second-order valence-corrected chi connectivity index (χ2v) is 6.37. The lowest BCUT2D eigenvalue weighted by molar-refractivity contribution is -0.119. The van der Waals surface area contributed by atoms with E-state index in [9.17, 15) is 14.7 Å². The van der Waals surface area contributed by atoms with Crippen molar-refractivity contribution in [1.29, 1.82) is 0 Å². The normalized spacial score (nSPS) is 24.4. The van der Waals surface area contributed by atoms with Gasteiger partial charge >= 0.3 is 5.97 Å². The van der Waals surface area contributed by atoms with Crippen LogP contribution >= 0.6 is 0 Å². The first-order chi connectivity index (χ1) is 10.2. The van der Waals surface area contributed by atoms with Crippen LogP contribution in [0.4, 0.5) is 5.69 Å². The monoisotopic (exact) mass is 303 g/mol. The third-order valence-electron chi connectivity index (χ3n) is 3.97. The van der Waals surface area contributed by atoms with Crippen molar-refractivity contribution in [2.24, 2.45) is 5.41 Å². The van der Waals surface area contributed by atoms with Gasteiger partial charge in [0.15, 0.2) is 5.78 Å². The molecule has 0 heterocycles. The number of hydrogen-bond donors (Lipinski definition) is 2. The molecule has 1 aliphatic carbocycles. The van der Waals surface area contributed by atoms with Crippen LogP contribution in [-0.2, 0) is 9.53 Å². The van der Waals surface area contributed by atoms with Gasteiger partial charge in [0.05, 0.1) is 5.56 Å². The zero-order valence-electron chi connectivity index (χ0n) is 13.0. The van der Waals surface area contributed by atoms with E-state index >= 15 is 0 Å². The molecule has 0 saturated heterocycles. The van der Waals surface area contributed by atoms with Gasteiger partial charge in [-0.05, 0) is 42.8 Å². The summed E-state index contributed by atoms with van der Waals surface area (Å²) in [6, 6.07) is 6.34. The quantitative estimate of drug-likeness (QED) is 0.645. The number of anilines is 1. The van der Waals surface area contributed by atoms with Crippen LogP contribution in [0.25, 0.3) is 0 Å². The Morgan fingerprint density at radius 2 is 1.91 bits per heavy atom. The summed E-state index contributed by atoms with van der Waals surface area (Å²) in [5, 5.41) is 10.5. The molecule has 1 aromatic carbocycles. The minimum Gasteiger partial charge on any atom is -0.452 e. The summed E-state index contributed by atoms with van der Waals surface area (Å²) >= 11 is 0.